The monoisotopic (exact) mass is 1300 g/mol. The van der Waals surface area contributed by atoms with E-state index in [1.807, 2.05) is 42.9 Å². The first-order valence-corrected chi connectivity index (χ1v) is 33.8. The lowest BCUT2D eigenvalue weighted by atomic mass is 9.96. The van der Waals surface area contributed by atoms with Crippen molar-refractivity contribution in [3.8, 4) is 90.2 Å². The summed E-state index contributed by atoms with van der Waals surface area (Å²) >= 11 is 0. The topological polar surface area (TPSA) is 106 Å². The van der Waals surface area contributed by atoms with Gasteiger partial charge >= 0.3 is 0 Å². The van der Waals surface area contributed by atoms with Crippen LogP contribution in [0.2, 0.25) is 0 Å². The molecule has 8 aromatic heterocycles. The highest BCUT2D eigenvalue weighted by molar-refractivity contribution is 5.87. The molecule has 8 aromatic carbocycles. The Morgan fingerprint density at radius 2 is 0.660 bits per heavy atom. The minimum Gasteiger partial charge on any atom is -0.264 e. The van der Waals surface area contributed by atoms with Crippen LogP contribution in [0.1, 0.15) is 44.5 Å². The normalized spacial score (nSPS) is 11.0. The maximum Gasteiger partial charge on any atom is 0.213 e. The van der Waals surface area contributed by atoms with Gasteiger partial charge in [-0.05, 0) is 216 Å². The van der Waals surface area contributed by atoms with Crippen molar-refractivity contribution in [3.05, 3.63) is 319 Å². The number of aromatic nitrogens is 11. The van der Waals surface area contributed by atoms with E-state index in [9.17, 15) is 0 Å². The number of nitrogens with zero attached hydrogens (tertiary/aromatic N) is 11. The van der Waals surface area contributed by atoms with Crippen molar-refractivity contribution in [2.24, 2.45) is 28.2 Å². The molecular formula is C89H81N11+4. The molecule has 0 fully saturated rings. The van der Waals surface area contributed by atoms with Crippen LogP contribution >= 0.6 is 0 Å². The van der Waals surface area contributed by atoms with Gasteiger partial charge in [0.05, 0.1) is 5.69 Å². The highest BCUT2D eigenvalue weighted by Crippen LogP contribution is 2.32. The fraction of sp³-hybridized carbons (Fsp3) is 0.135. The van der Waals surface area contributed by atoms with Crippen LogP contribution in [0, 0.1) is 55.4 Å². The summed E-state index contributed by atoms with van der Waals surface area (Å²) in [6, 6.07) is 81.4. The Morgan fingerprint density at radius 1 is 0.260 bits per heavy atom. The van der Waals surface area contributed by atoms with Crippen molar-refractivity contribution >= 4 is 43.6 Å². The molecule has 0 amide bonds. The summed E-state index contributed by atoms with van der Waals surface area (Å²) in [7, 11) is 8.52. The fourth-order valence-electron chi connectivity index (χ4n) is 13.5. The number of pyridine rings is 6. The average molecular weight is 1300 g/mol. The van der Waals surface area contributed by atoms with Crippen molar-refractivity contribution in [1.82, 2.24) is 34.9 Å². The SMILES string of the molecule is Cc1cc(C)c(C)c(-c2ccc3cc(-c4ccccn4)ccc3[n+]2C)c1.Cc1cc(C)c(C)c(-c2ccc3cc(-c4cccnc4)ccc3[n+]2C)c1.Cc1ccccc1-c1ccc2cc(-c3ncccn3)ccc2[n+]1C.Cc1ccccc1-c1ccc2cc(-c3ncncn3)ccc2[n+]1C. The van der Waals surface area contributed by atoms with Gasteiger partial charge in [0.25, 0.3) is 0 Å². The third kappa shape index (κ3) is 14.0. The van der Waals surface area contributed by atoms with E-state index in [-0.39, 0.29) is 0 Å². The van der Waals surface area contributed by atoms with Crippen molar-refractivity contribution in [2.45, 2.75) is 55.4 Å². The Morgan fingerprint density at radius 3 is 1.10 bits per heavy atom. The lowest BCUT2D eigenvalue weighted by Crippen LogP contribution is -2.32. The molecule has 16 rings (SSSR count). The minimum absolute atomic E-state index is 0.692. The van der Waals surface area contributed by atoms with E-state index in [1.54, 1.807) is 12.4 Å². The van der Waals surface area contributed by atoms with Gasteiger partial charge in [-0.1, -0.05) is 71.8 Å². The van der Waals surface area contributed by atoms with E-state index in [4.69, 9.17) is 0 Å². The van der Waals surface area contributed by atoms with Gasteiger partial charge in [-0.25, -0.2) is 24.9 Å². The third-order valence-electron chi connectivity index (χ3n) is 19.2. The van der Waals surface area contributed by atoms with Crippen molar-refractivity contribution in [3.63, 3.8) is 0 Å². The van der Waals surface area contributed by atoms with E-state index < -0.39 is 0 Å². The van der Waals surface area contributed by atoms with Gasteiger partial charge in [0.1, 0.15) is 40.8 Å². The molecule has 11 heteroatoms. The first-order valence-electron chi connectivity index (χ1n) is 33.8. The van der Waals surface area contributed by atoms with E-state index in [2.05, 4.69) is 343 Å². The van der Waals surface area contributed by atoms with Crippen LogP contribution in [0.5, 0.6) is 0 Å². The molecule has 100 heavy (non-hydrogen) atoms. The van der Waals surface area contributed by atoms with Crippen LogP contribution in [0.4, 0.5) is 0 Å². The molecule has 11 nitrogen and oxygen atoms in total. The smallest absolute Gasteiger partial charge is 0.213 e. The van der Waals surface area contributed by atoms with Gasteiger partial charge in [0.15, 0.2) is 11.6 Å². The summed E-state index contributed by atoms with van der Waals surface area (Å²) in [6.45, 7) is 17.4. The van der Waals surface area contributed by atoms with E-state index >= 15 is 0 Å². The summed E-state index contributed by atoms with van der Waals surface area (Å²) < 4.78 is 9.06. The Kier molecular flexibility index (Phi) is 19.4. The molecule has 0 saturated heterocycles. The van der Waals surface area contributed by atoms with Crippen LogP contribution in [0.25, 0.3) is 134 Å². The standard InChI is InChI=1S/2C24H23N2.C21H18N3.C20H17N4/c1-16-12-17(2)18(3)22(13-16)24-10-8-20-14-19(7-9-23(20)26(24)4)21-6-5-11-25-15-21;1-16-13-17(2)18(3)21(14-16)24-11-9-20-15-19(8-10-23(20)26(24)4)22-7-5-6-12-25-22;1-15-6-3-4-7-18(15)20-11-8-16-14-17(9-10-19(16)24(20)2)21-22-12-5-13-23-21;1-14-5-3-4-6-17(14)19-10-7-15-11-16(8-9-18(15)24(19)2)20-22-12-21-13-23-20/h2*5-15H,1-4H3;3-14H,1-2H3;3-13H,1-2H3/q4*+1. The molecule has 0 unspecified atom stereocenters. The first-order chi connectivity index (χ1) is 48.6. The number of rotatable bonds is 8. The Bertz CT molecular complexity index is 5330. The molecule has 16 aromatic rings. The molecule has 0 saturated carbocycles. The van der Waals surface area contributed by atoms with Crippen LogP contribution in [-0.2, 0) is 28.2 Å². The van der Waals surface area contributed by atoms with Crippen LogP contribution in [0.3, 0.4) is 0 Å². The quantitative estimate of drug-likeness (QED) is 0.140. The molecule has 0 bridgehead atoms. The molecule has 0 aliphatic carbocycles. The molecule has 0 aliphatic rings. The molecule has 0 atom stereocenters. The highest BCUT2D eigenvalue weighted by atomic mass is 15.0. The molecular weight excluding hydrogens is 1220 g/mol. The molecule has 0 radical (unpaired) electrons. The molecule has 8 heterocycles. The summed E-state index contributed by atoms with van der Waals surface area (Å²) in [5, 5.41) is 4.80. The third-order valence-corrected chi connectivity index (χ3v) is 19.2. The van der Waals surface area contributed by atoms with E-state index in [0.717, 1.165) is 39.2 Å². The minimum atomic E-state index is 0.692. The summed E-state index contributed by atoms with van der Waals surface area (Å²) in [4.78, 5) is 29.7. The second kappa shape index (κ2) is 29.2. The Labute approximate surface area is 585 Å². The number of benzene rings is 8. The van der Waals surface area contributed by atoms with E-state index in [1.165, 1.54) is 146 Å². The molecule has 488 valence electrons. The predicted octanol–water partition coefficient (Wildman–Crippen LogP) is 18.2. The zero-order valence-electron chi connectivity index (χ0n) is 58.9. The summed E-state index contributed by atoms with van der Waals surface area (Å²) in [5.74, 6) is 1.45. The first kappa shape index (κ1) is 66.4. The van der Waals surface area contributed by atoms with E-state index in [0.29, 0.717) is 5.82 Å². The lowest BCUT2D eigenvalue weighted by Gasteiger charge is -2.11. The second-order valence-electron chi connectivity index (χ2n) is 25.8. The number of hydrogen-bond acceptors (Lipinski definition) is 7. The van der Waals surface area contributed by atoms with Crippen molar-refractivity contribution in [2.75, 3.05) is 0 Å². The maximum atomic E-state index is 4.47. The lowest BCUT2D eigenvalue weighted by molar-refractivity contribution is -0.633. The van der Waals surface area contributed by atoms with Crippen molar-refractivity contribution < 1.29 is 18.3 Å². The molecule has 0 N–H and O–H groups in total. The van der Waals surface area contributed by atoms with Gasteiger partial charge in [0.2, 0.25) is 44.8 Å². The summed E-state index contributed by atoms with van der Waals surface area (Å²) in [6.07, 6.45) is 12.1. The van der Waals surface area contributed by atoms with Gasteiger partial charge in [0, 0.05) is 146 Å². The summed E-state index contributed by atoms with van der Waals surface area (Å²) in [5.41, 5.74) is 31.9. The maximum absolute atomic E-state index is 4.47. The van der Waals surface area contributed by atoms with Crippen LogP contribution < -0.4 is 18.3 Å². The number of hydrogen-bond donors (Lipinski definition) is 0. The van der Waals surface area contributed by atoms with Crippen LogP contribution in [0.15, 0.2) is 274 Å². The Balaban J connectivity index is 0.000000120. The van der Waals surface area contributed by atoms with Gasteiger partial charge in [-0.15, -0.1) is 0 Å². The predicted molar refractivity (Wildman–Crippen MR) is 406 cm³/mol. The number of fused-ring (bicyclic) bond motifs is 4. The zero-order chi connectivity index (χ0) is 69.6. The zero-order valence-corrected chi connectivity index (χ0v) is 58.9. The van der Waals surface area contributed by atoms with Crippen LogP contribution in [-0.4, -0.2) is 34.9 Å². The Hall–Kier alpha value is -12.2. The average Bonchev–Trinajstić information content (AvgIpc) is 0.785. The van der Waals surface area contributed by atoms with Gasteiger partial charge in [-0.3, -0.25) is 9.97 Å². The van der Waals surface area contributed by atoms with Gasteiger partial charge in [-0.2, -0.15) is 18.3 Å². The molecule has 0 aliphatic heterocycles. The fourth-order valence-corrected chi connectivity index (χ4v) is 13.5. The van der Waals surface area contributed by atoms with Crippen molar-refractivity contribution in [1.29, 1.82) is 0 Å². The number of aryl methyl sites for hydroxylation is 10. The molecule has 0 spiro atoms. The second-order valence-corrected chi connectivity index (χ2v) is 25.8. The highest BCUT2D eigenvalue weighted by Gasteiger charge is 2.22. The van der Waals surface area contributed by atoms with Gasteiger partial charge < -0.3 is 0 Å². The largest absolute Gasteiger partial charge is 0.264 e.